The first-order valence-corrected chi connectivity index (χ1v) is 5.99. The van der Waals surface area contributed by atoms with Gasteiger partial charge in [0.25, 0.3) is 0 Å². The van der Waals surface area contributed by atoms with Crippen molar-refractivity contribution in [1.29, 1.82) is 0 Å². The molecule has 0 aliphatic rings. The number of rotatable bonds is 3. The summed E-state index contributed by atoms with van der Waals surface area (Å²) in [4.78, 5) is 2.39. The highest BCUT2D eigenvalue weighted by Gasteiger charge is 2.03. The predicted octanol–water partition coefficient (Wildman–Crippen LogP) is 4.15. The molecule has 0 heterocycles. The topological polar surface area (TPSA) is 9.23 Å². The van der Waals surface area contributed by atoms with E-state index in [2.05, 4.69) is 37.3 Å². The van der Waals surface area contributed by atoms with E-state index < -0.39 is 0 Å². The van der Waals surface area contributed by atoms with Gasteiger partial charge < -0.3 is 4.74 Å². The molecule has 0 unspecified atom stereocenters. The first-order valence-electron chi connectivity index (χ1n) is 5.17. The Kier molecular flexibility index (Phi) is 3.52. The van der Waals surface area contributed by atoms with E-state index >= 15 is 0 Å². The molecule has 2 rings (SSSR count). The second-order valence-corrected chi connectivity index (χ2v) is 4.68. The van der Waals surface area contributed by atoms with Gasteiger partial charge in [-0.1, -0.05) is 41.6 Å². The second kappa shape index (κ2) is 5.08. The zero-order chi connectivity index (χ0) is 11.4. The SMILES string of the molecule is COc1ccccc1Sc1cccc(C)c1. The van der Waals surface area contributed by atoms with Crippen LogP contribution in [-0.4, -0.2) is 7.11 Å². The molecule has 2 aromatic rings. The molecule has 0 N–H and O–H groups in total. The summed E-state index contributed by atoms with van der Waals surface area (Å²) in [6.45, 7) is 2.10. The van der Waals surface area contributed by atoms with Crippen LogP contribution < -0.4 is 4.74 Å². The summed E-state index contributed by atoms with van der Waals surface area (Å²) < 4.78 is 5.33. The Morgan fingerprint density at radius 3 is 2.56 bits per heavy atom. The quantitative estimate of drug-likeness (QED) is 0.783. The average Bonchev–Trinajstić information content (AvgIpc) is 2.30. The Labute approximate surface area is 100 Å². The van der Waals surface area contributed by atoms with Crippen LogP contribution in [0.3, 0.4) is 0 Å². The zero-order valence-electron chi connectivity index (χ0n) is 9.44. The van der Waals surface area contributed by atoms with Gasteiger partial charge in [0, 0.05) is 4.90 Å². The van der Waals surface area contributed by atoms with Crippen molar-refractivity contribution in [3.63, 3.8) is 0 Å². The maximum atomic E-state index is 5.33. The van der Waals surface area contributed by atoms with Gasteiger partial charge in [-0.2, -0.15) is 0 Å². The molecule has 0 aromatic heterocycles. The summed E-state index contributed by atoms with van der Waals surface area (Å²) in [6, 6.07) is 16.5. The van der Waals surface area contributed by atoms with E-state index in [1.54, 1.807) is 18.9 Å². The molecule has 16 heavy (non-hydrogen) atoms. The lowest BCUT2D eigenvalue weighted by molar-refractivity contribution is 0.405. The molecule has 0 aliphatic carbocycles. The van der Waals surface area contributed by atoms with Crippen molar-refractivity contribution in [1.82, 2.24) is 0 Å². The number of hydrogen-bond acceptors (Lipinski definition) is 2. The van der Waals surface area contributed by atoms with Crippen LogP contribution in [0.5, 0.6) is 5.75 Å². The molecule has 0 saturated carbocycles. The highest BCUT2D eigenvalue weighted by Crippen LogP contribution is 2.34. The Hall–Kier alpha value is -1.41. The minimum atomic E-state index is 0.925. The van der Waals surface area contributed by atoms with Crippen LogP contribution >= 0.6 is 11.8 Å². The smallest absolute Gasteiger partial charge is 0.132 e. The maximum absolute atomic E-state index is 5.33. The Balaban J connectivity index is 2.26. The molecule has 1 nitrogen and oxygen atoms in total. The third-order valence-electron chi connectivity index (χ3n) is 2.29. The molecular weight excluding hydrogens is 216 g/mol. The van der Waals surface area contributed by atoms with Gasteiger partial charge in [0.15, 0.2) is 0 Å². The average molecular weight is 230 g/mol. The van der Waals surface area contributed by atoms with Crippen molar-refractivity contribution in [3.05, 3.63) is 54.1 Å². The van der Waals surface area contributed by atoms with Gasteiger partial charge in [-0.25, -0.2) is 0 Å². The predicted molar refractivity (Wildman–Crippen MR) is 68.3 cm³/mol. The fourth-order valence-electron chi connectivity index (χ4n) is 1.51. The van der Waals surface area contributed by atoms with E-state index in [-0.39, 0.29) is 0 Å². The normalized spacial score (nSPS) is 10.1. The van der Waals surface area contributed by atoms with Crippen LogP contribution in [0.1, 0.15) is 5.56 Å². The van der Waals surface area contributed by atoms with Gasteiger partial charge in [0.2, 0.25) is 0 Å². The largest absolute Gasteiger partial charge is 0.496 e. The van der Waals surface area contributed by atoms with E-state index in [0.29, 0.717) is 0 Å². The Morgan fingerprint density at radius 2 is 1.81 bits per heavy atom. The van der Waals surface area contributed by atoms with Gasteiger partial charge in [0.05, 0.1) is 12.0 Å². The number of methoxy groups -OCH3 is 1. The minimum Gasteiger partial charge on any atom is -0.496 e. The van der Waals surface area contributed by atoms with Crippen molar-refractivity contribution >= 4 is 11.8 Å². The molecule has 0 spiro atoms. The second-order valence-electron chi connectivity index (χ2n) is 3.57. The zero-order valence-corrected chi connectivity index (χ0v) is 10.3. The van der Waals surface area contributed by atoms with Crippen LogP contribution in [0.15, 0.2) is 58.3 Å². The van der Waals surface area contributed by atoms with E-state index in [0.717, 1.165) is 10.6 Å². The molecule has 0 aliphatic heterocycles. The third-order valence-corrected chi connectivity index (χ3v) is 3.33. The summed E-state index contributed by atoms with van der Waals surface area (Å²) in [5.41, 5.74) is 1.28. The van der Waals surface area contributed by atoms with Crippen molar-refractivity contribution in [2.75, 3.05) is 7.11 Å². The molecule has 0 amide bonds. The molecule has 82 valence electrons. The lowest BCUT2D eigenvalue weighted by atomic mass is 10.2. The Morgan fingerprint density at radius 1 is 1.00 bits per heavy atom. The van der Waals surface area contributed by atoms with Gasteiger partial charge in [-0.05, 0) is 31.2 Å². The van der Waals surface area contributed by atoms with Crippen molar-refractivity contribution in [2.45, 2.75) is 16.7 Å². The van der Waals surface area contributed by atoms with Gasteiger partial charge in [0.1, 0.15) is 5.75 Å². The molecule has 0 fully saturated rings. The van der Waals surface area contributed by atoms with E-state index in [4.69, 9.17) is 4.74 Å². The van der Waals surface area contributed by atoms with Crippen molar-refractivity contribution in [3.8, 4) is 5.75 Å². The number of hydrogen-bond donors (Lipinski definition) is 0. The number of para-hydroxylation sites is 1. The molecule has 2 aromatic carbocycles. The third kappa shape index (κ3) is 2.58. The van der Waals surface area contributed by atoms with E-state index in [9.17, 15) is 0 Å². The molecule has 0 bridgehead atoms. The van der Waals surface area contributed by atoms with E-state index in [1.807, 2.05) is 18.2 Å². The summed E-state index contributed by atoms with van der Waals surface area (Å²) in [5.74, 6) is 0.925. The molecule has 0 saturated heterocycles. The Bertz CT molecular complexity index is 480. The summed E-state index contributed by atoms with van der Waals surface area (Å²) in [7, 11) is 1.70. The van der Waals surface area contributed by atoms with Crippen LogP contribution in [0.4, 0.5) is 0 Å². The van der Waals surface area contributed by atoms with Gasteiger partial charge >= 0.3 is 0 Å². The fourth-order valence-corrected chi connectivity index (χ4v) is 2.55. The summed E-state index contributed by atoms with van der Waals surface area (Å²) in [6.07, 6.45) is 0. The summed E-state index contributed by atoms with van der Waals surface area (Å²) >= 11 is 1.73. The van der Waals surface area contributed by atoms with E-state index in [1.165, 1.54) is 10.5 Å². The van der Waals surface area contributed by atoms with Gasteiger partial charge in [-0.15, -0.1) is 0 Å². The lowest BCUT2D eigenvalue weighted by Crippen LogP contribution is -1.85. The standard InChI is InChI=1S/C14H14OS/c1-11-6-5-7-12(10-11)16-14-9-4-3-8-13(14)15-2/h3-10H,1-2H3. The van der Waals surface area contributed by atoms with Gasteiger partial charge in [-0.3, -0.25) is 0 Å². The molecule has 2 heteroatoms. The van der Waals surface area contributed by atoms with Crippen molar-refractivity contribution in [2.24, 2.45) is 0 Å². The summed E-state index contributed by atoms with van der Waals surface area (Å²) in [5, 5.41) is 0. The van der Waals surface area contributed by atoms with Crippen LogP contribution in [0.2, 0.25) is 0 Å². The number of ether oxygens (including phenoxy) is 1. The first kappa shape index (κ1) is 11.1. The maximum Gasteiger partial charge on any atom is 0.132 e. The highest BCUT2D eigenvalue weighted by atomic mass is 32.2. The minimum absolute atomic E-state index is 0.925. The number of benzene rings is 2. The fraction of sp³-hybridized carbons (Fsp3) is 0.143. The number of aryl methyl sites for hydroxylation is 1. The van der Waals surface area contributed by atoms with Crippen molar-refractivity contribution < 1.29 is 4.74 Å². The monoisotopic (exact) mass is 230 g/mol. The van der Waals surface area contributed by atoms with Crippen LogP contribution in [0.25, 0.3) is 0 Å². The molecular formula is C14H14OS. The van der Waals surface area contributed by atoms with Crippen LogP contribution in [-0.2, 0) is 0 Å². The molecule has 0 radical (unpaired) electrons. The first-order chi connectivity index (χ1) is 7.79. The highest BCUT2D eigenvalue weighted by molar-refractivity contribution is 7.99. The molecule has 0 atom stereocenters. The lowest BCUT2D eigenvalue weighted by Gasteiger charge is -2.07. The van der Waals surface area contributed by atoms with Crippen LogP contribution in [0, 0.1) is 6.92 Å².